The highest BCUT2D eigenvalue weighted by atomic mass is 35.5. The van der Waals surface area contributed by atoms with Gasteiger partial charge in [0.15, 0.2) is 0 Å². The van der Waals surface area contributed by atoms with Crippen LogP contribution < -0.4 is 4.74 Å². The summed E-state index contributed by atoms with van der Waals surface area (Å²) < 4.78 is 44.8. The SMILES string of the molecule is O=C(O)CCCCN(CCc1cc(Cl)ccc1OCc1ccc(-c2ccc(C(F)(F)F)cc2)cc1)Cc1ccc(C(=O)O)cc1. The van der Waals surface area contributed by atoms with Crippen molar-refractivity contribution in [2.45, 2.75) is 45.0 Å². The van der Waals surface area contributed by atoms with Crippen molar-refractivity contribution in [3.8, 4) is 16.9 Å². The van der Waals surface area contributed by atoms with E-state index < -0.39 is 23.7 Å². The molecule has 0 spiro atoms. The second kappa shape index (κ2) is 15.6. The zero-order chi connectivity index (χ0) is 32.4. The van der Waals surface area contributed by atoms with Gasteiger partial charge in [-0.05, 0) is 96.1 Å². The molecule has 4 aromatic rings. The van der Waals surface area contributed by atoms with E-state index >= 15 is 0 Å². The van der Waals surface area contributed by atoms with Crippen molar-refractivity contribution in [3.05, 3.63) is 124 Å². The summed E-state index contributed by atoms with van der Waals surface area (Å²) in [6.45, 7) is 2.13. The highest BCUT2D eigenvalue weighted by molar-refractivity contribution is 6.30. The molecule has 2 N–H and O–H groups in total. The number of carboxylic acid groups (broad SMARTS) is 2. The lowest BCUT2D eigenvalue weighted by Gasteiger charge is -2.23. The minimum Gasteiger partial charge on any atom is -0.489 e. The van der Waals surface area contributed by atoms with E-state index in [4.69, 9.17) is 21.4 Å². The fourth-order valence-corrected chi connectivity index (χ4v) is 5.06. The molecule has 0 fully saturated rings. The Hall–Kier alpha value is -4.34. The molecule has 10 heteroatoms. The second-order valence-corrected chi connectivity index (χ2v) is 11.1. The lowest BCUT2D eigenvalue weighted by molar-refractivity contribution is -0.138. The zero-order valence-corrected chi connectivity index (χ0v) is 25.2. The molecule has 0 heterocycles. The fourth-order valence-electron chi connectivity index (χ4n) is 4.86. The molecular weight excluding hydrogens is 607 g/mol. The van der Waals surface area contributed by atoms with Crippen LogP contribution >= 0.6 is 11.6 Å². The summed E-state index contributed by atoms with van der Waals surface area (Å²) in [6, 6.07) is 24.6. The minimum atomic E-state index is -4.38. The Morgan fingerprint density at radius 1 is 0.778 bits per heavy atom. The largest absolute Gasteiger partial charge is 0.489 e. The van der Waals surface area contributed by atoms with Crippen LogP contribution in [0.4, 0.5) is 13.2 Å². The Balaban J connectivity index is 1.40. The van der Waals surface area contributed by atoms with Crippen molar-refractivity contribution in [1.29, 1.82) is 0 Å². The fraction of sp³-hybridized carbons (Fsp3) is 0.257. The van der Waals surface area contributed by atoms with Crippen LogP contribution in [-0.2, 0) is 30.5 Å². The summed E-state index contributed by atoms with van der Waals surface area (Å²) in [4.78, 5) is 24.4. The average Bonchev–Trinajstić information content (AvgIpc) is 3.01. The molecule has 0 saturated heterocycles. The smallest absolute Gasteiger partial charge is 0.416 e. The topological polar surface area (TPSA) is 87.1 Å². The minimum absolute atomic E-state index is 0.0960. The summed E-state index contributed by atoms with van der Waals surface area (Å²) in [7, 11) is 0. The van der Waals surface area contributed by atoms with E-state index in [1.807, 2.05) is 36.4 Å². The highest BCUT2D eigenvalue weighted by Crippen LogP contribution is 2.31. The Morgan fingerprint density at radius 3 is 2.00 bits per heavy atom. The molecule has 236 valence electrons. The van der Waals surface area contributed by atoms with Gasteiger partial charge in [-0.2, -0.15) is 13.2 Å². The van der Waals surface area contributed by atoms with Crippen LogP contribution in [0.1, 0.15) is 51.9 Å². The number of halogens is 4. The van der Waals surface area contributed by atoms with E-state index in [0.29, 0.717) is 55.2 Å². The molecule has 0 bridgehead atoms. The summed E-state index contributed by atoms with van der Waals surface area (Å²) in [5.41, 5.74) is 3.73. The number of hydrogen-bond donors (Lipinski definition) is 2. The lowest BCUT2D eigenvalue weighted by atomic mass is 10.0. The van der Waals surface area contributed by atoms with Crippen molar-refractivity contribution in [2.24, 2.45) is 0 Å². The van der Waals surface area contributed by atoms with Crippen molar-refractivity contribution in [1.82, 2.24) is 4.90 Å². The quantitative estimate of drug-likeness (QED) is 0.127. The molecule has 0 radical (unpaired) electrons. The third kappa shape index (κ3) is 10.4. The zero-order valence-electron chi connectivity index (χ0n) is 24.4. The van der Waals surface area contributed by atoms with Crippen LogP contribution in [0.25, 0.3) is 11.1 Å². The average molecular weight is 640 g/mol. The molecule has 0 aliphatic carbocycles. The standard InChI is InChI=1S/C35H33ClF3NO5/c36-31-16-17-32(45-23-25-6-8-26(9-7-25)27-12-14-30(15-13-27)35(37,38)39)29(21-31)18-20-40(19-2-1-3-33(41)42)22-24-4-10-28(11-5-24)34(43)44/h4-17,21H,1-3,18-20,22-23H2,(H,41,42)(H,43,44). The van der Waals surface area contributed by atoms with E-state index in [-0.39, 0.29) is 18.6 Å². The first-order valence-corrected chi connectivity index (χ1v) is 14.8. The van der Waals surface area contributed by atoms with E-state index in [2.05, 4.69) is 4.90 Å². The van der Waals surface area contributed by atoms with Gasteiger partial charge < -0.3 is 14.9 Å². The maximum absolute atomic E-state index is 12.9. The molecule has 0 aliphatic rings. The van der Waals surface area contributed by atoms with E-state index in [1.165, 1.54) is 12.1 Å². The first kappa shape index (κ1) is 33.6. The van der Waals surface area contributed by atoms with Crippen molar-refractivity contribution in [3.63, 3.8) is 0 Å². The molecule has 0 amide bonds. The number of aromatic carboxylic acids is 1. The summed E-state index contributed by atoms with van der Waals surface area (Å²) in [5, 5.41) is 18.8. The van der Waals surface area contributed by atoms with Gasteiger partial charge in [0.1, 0.15) is 12.4 Å². The van der Waals surface area contributed by atoms with Gasteiger partial charge >= 0.3 is 18.1 Å². The first-order chi connectivity index (χ1) is 21.5. The monoisotopic (exact) mass is 639 g/mol. The van der Waals surface area contributed by atoms with Crippen LogP contribution in [0.15, 0.2) is 91.0 Å². The van der Waals surface area contributed by atoms with Crippen molar-refractivity contribution >= 4 is 23.5 Å². The Kier molecular flexibility index (Phi) is 11.6. The maximum atomic E-state index is 12.9. The van der Waals surface area contributed by atoms with E-state index in [0.717, 1.165) is 34.4 Å². The highest BCUT2D eigenvalue weighted by Gasteiger charge is 2.30. The maximum Gasteiger partial charge on any atom is 0.416 e. The molecular formula is C35H33ClF3NO5. The molecule has 0 aliphatic heterocycles. The summed E-state index contributed by atoms with van der Waals surface area (Å²) in [5.74, 6) is -1.15. The number of carboxylic acids is 2. The van der Waals surface area contributed by atoms with Crippen LogP contribution in [0.2, 0.25) is 5.02 Å². The summed E-state index contributed by atoms with van der Waals surface area (Å²) in [6.07, 6.45) is -2.43. The van der Waals surface area contributed by atoms with Gasteiger partial charge in [-0.3, -0.25) is 9.69 Å². The predicted molar refractivity (Wildman–Crippen MR) is 167 cm³/mol. The Labute approximate surface area is 264 Å². The molecule has 4 rings (SSSR count). The lowest BCUT2D eigenvalue weighted by Crippen LogP contribution is -2.27. The van der Waals surface area contributed by atoms with Gasteiger partial charge in [0.25, 0.3) is 0 Å². The molecule has 4 aromatic carbocycles. The molecule has 0 saturated carbocycles. The van der Waals surface area contributed by atoms with E-state index in [9.17, 15) is 27.9 Å². The number of carbonyl (C=O) groups is 2. The molecule has 0 aromatic heterocycles. The van der Waals surface area contributed by atoms with Gasteiger partial charge in [0.05, 0.1) is 11.1 Å². The third-order valence-electron chi connectivity index (χ3n) is 7.34. The number of unbranched alkanes of at least 4 members (excludes halogenated alkanes) is 1. The number of alkyl halides is 3. The van der Waals surface area contributed by atoms with Crippen LogP contribution in [-0.4, -0.2) is 40.1 Å². The van der Waals surface area contributed by atoms with Gasteiger partial charge in [0.2, 0.25) is 0 Å². The van der Waals surface area contributed by atoms with Crippen LogP contribution in [0, 0.1) is 0 Å². The number of rotatable bonds is 15. The molecule has 6 nitrogen and oxygen atoms in total. The van der Waals surface area contributed by atoms with Gasteiger partial charge in [0, 0.05) is 24.5 Å². The number of aliphatic carboxylic acids is 1. The number of nitrogens with zero attached hydrogens (tertiary/aromatic N) is 1. The number of ether oxygens (including phenoxy) is 1. The number of hydrogen-bond acceptors (Lipinski definition) is 4. The summed E-state index contributed by atoms with van der Waals surface area (Å²) >= 11 is 6.33. The number of benzene rings is 4. The molecule has 0 atom stereocenters. The van der Waals surface area contributed by atoms with Gasteiger partial charge in [-0.15, -0.1) is 0 Å². The third-order valence-corrected chi connectivity index (χ3v) is 7.57. The molecule has 0 unspecified atom stereocenters. The van der Waals surface area contributed by atoms with Crippen molar-refractivity contribution in [2.75, 3.05) is 13.1 Å². The Morgan fingerprint density at radius 2 is 1.40 bits per heavy atom. The second-order valence-electron chi connectivity index (χ2n) is 10.7. The van der Waals surface area contributed by atoms with Crippen LogP contribution in [0.5, 0.6) is 5.75 Å². The van der Waals surface area contributed by atoms with E-state index in [1.54, 1.807) is 30.3 Å². The van der Waals surface area contributed by atoms with Crippen molar-refractivity contribution < 1.29 is 37.7 Å². The van der Waals surface area contributed by atoms with Crippen LogP contribution in [0.3, 0.4) is 0 Å². The predicted octanol–water partition coefficient (Wildman–Crippen LogP) is 8.60. The van der Waals surface area contributed by atoms with Gasteiger partial charge in [-0.1, -0.05) is 60.1 Å². The first-order valence-electron chi connectivity index (χ1n) is 14.4. The Bertz CT molecular complexity index is 1570. The van der Waals surface area contributed by atoms with Gasteiger partial charge in [-0.25, -0.2) is 4.79 Å². The normalized spacial score (nSPS) is 11.5. The molecule has 45 heavy (non-hydrogen) atoms.